The summed E-state index contributed by atoms with van der Waals surface area (Å²) in [6.45, 7) is 6.02. The standard InChI is InChI=1S/C26H27N5O3S/c1-16(2)35(32,33)22-12-8-19(9-13-22)23-15-27-17(3)24(29-23)26-31-30-25(34-26)20-6-4-18(5-7-20)14-28-21-10-11-21/h4-9,12-13,15-16,21,28H,10-11,14H2,1-3H3. The van der Waals surface area contributed by atoms with Crippen LogP contribution in [0.5, 0.6) is 0 Å². The van der Waals surface area contributed by atoms with Gasteiger partial charge in [0.1, 0.15) is 5.69 Å². The maximum absolute atomic E-state index is 12.4. The molecule has 0 unspecified atom stereocenters. The van der Waals surface area contributed by atoms with E-state index in [1.54, 1.807) is 44.3 Å². The van der Waals surface area contributed by atoms with E-state index < -0.39 is 15.1 Å². The third-order valence-corrected chi connectivity index (χ3v) is 8.23. The Morgan fingerprint density at radius 2 is 1.63 bits per heavy atom. The molecule has 5 rings (SSSR count). The summed E-state index contributed by atoms with van der Waals surface area (Å²) in [5.41, 5.74) is 4.53. The first-order chi connectivity index (χ1) is 16.8. The van der Waals surface area contributed by atoms with Gasteiger partial charge in [-0.25, -0.2) is 13.4 Å². The summed E-state index contributed by atoms with van der Waals surface area (Å²) < 4.78 is 30.8. The minimum absolute atomic E-state index is 0.283. The number of aromatic nitrogens is 4. The smallest absolute Gasteiger partial charge is 0.268 e. The summed E-state index contributed by atoms with van der Waals surface area (Å²) in [5.74, 6) is 0.696. The third kappa shape index (κ3) is 5.01. The summed E-state index contributed by atoms with van der Waals surface area (Å²) >= 11 is 0. The van der Waals surface area contributed by atoms with Crippen molar-refractivity contribution in [3.05, 3.63) is 66.0 Å². The minimum atomic E-state index is -3.34. The zero-order chi connectivity index (χ0) is 24.6. The lowest BCUT2D eigenvalue weighted by molar-refractivity contribution is 0.581. The van der Waals surface area contributed by atoms with Crippen LogP contribution in [0.4, 0.5) is 0 Å². The highest BCUT2D eigenvalue weighted by atomic mass is 32.2. The Morgan fingerprint density at radius 3 is 2.29 bits per heavy atom. The number of rotatable bonds is 8. The molecule has 0 spiro atoms. The van der Waals surface area contributed by atoms with Gasteiger partial charge in [0, 0.05) is 23.7 Å². The highest BCUT2D eigenvalue weighted by molar-refractivity contribution is 7.92. The minimum Gasteiger partial charge on any atom is -0.415 e. The predicted octanol–water partition coefficient (Wildman–Crippen LogP) is 4.60. The summed E-state index contributed by atoms with van der Waals surface area (Å²) in [7, 11) is -3.34. The normalized spacial score (nSPS) is 13.9. The molecule has 9 heteroatoms. The van der Waals surface area contributed by atoms with Crippen LogP contribution in [0, 0.1) is 6.92 Å². The van der Waals surface area contributed by atoms with Crippen LogP contribution in [0.1, 0.15) is 37.9 Å². The van der Waals surface area contributed by atoms with Crippen molar-refractivity contribution in [1.29, 1.82) is 0 Å². The summed E-state index contributed by atoms with van der Waals surface area (Å²) in [5, 5.41) is 11.4. The van der Waals surface area contributed by atoms with Gasteiger partial charge in [0.25, 0.3) is 5.89 Å². The van der Waals surface area contributed by atoms with E-state index in [1.165, 1.54) is 18.4 Å². The number of hydrogen-bond acceptors (Lipinski definition) is 8. The zero-order valence-corrected chi connectivity index (χ0v) is 20.7. The number of nitrogens with one attached hydrogen (secondary N) is 1. The van der Waals surface area contributed by atoms with Crippen molar-refractivity contribution >= 4 is 9.84 Å². The second-order valence-corrected chi connectivity index (χ2v) is 11.6. The lowest BCUT2D eigenvalue weighted by Gasteiger charge is -2.09. The van der Waals surface area contributed by atoms with Crippen LogP contribution in [0.25, 0.3) is 34.3 Å². The van der Waals surface area contributed by atoms with Crippen LogP contribution in [0.2, 0.25) is 0 Å². The highest BCUT2D eigenvalue weighted by Gasteiger charge is 2.21. The average molecular weight is 490 g/mol. The van der Waals surface area contributed by atoms with Gasteiger partial charge < -0.3 is 9.73 Å². The van der Waals surface area contributed by atoms with Crippen molar-refractivity contribution in [1.82, 2.24) is 25.5 Å². The van der Waals surface area contributed by atoms with Gasteiger partial charge in [0.15, 0.2) is 9.84 Å². The Labute approximate surface area is 204 Å². The molecule has 1 saturated carbocycles. The second-order valence-electron chi connectivity index (χ2n) is 9.07. The zero-order valence-electron chi connectivity index (χ0n) is 19.9. The van der Waals surface area contributed by atoms with Gasteiger partial charge >= 0.3 is 0 Å². The van der Waals surface area contributed by atoms with E-state index in [-0.39, 0.29) is 10.8 Å². The van der Waals surface area contributed by atoms with E-state index in [9.17, 15) is 8.42 Å². The fourth-order valence-electron chi connectivity index (χ4n) is 3.63. The van der Waals surface area contributed by atoms with Crippen molar-refractivity contribution < 1.29 is 12.8 Å². The summed E-state index contributed by atoms with van der Waals surface area (Å²) in [4.78, 5) is 9.42. The molecule has 0 aliphatic heterocycles. The molecule has 1 aliphatic rings. The Balaban J connectivity index is 1.37. The summed E-state index contributed by atoms with van der Waals surface area (Å²) in [6.07, 6.45) is 4.17. The van der Waals surface area contributed by atoms with E-state index in [0.29, 0.717) is 29.0 Å². The van der Waals surface area contributed by atoms with Crippen LogP contribution in [0.3, 0.4) is 0 Å². The third-order valence-electron chi connectivity index (χ3n) is 6.06. The maximum atomic E-state index is 12.4. The molecular weight excluding hydrogens is 462 g/mol. The Bertz CT molecular complexity index is 1440. The molecule has 0 saturated heterocycles. The van der Waals surface area contributed by atoms with Gasteiger partial charge in [0.05, 0.1) is 27.7 Å². The number of sulfone groups is 1. The molecule has 1 aliphatic carbocycles. The van der Waals surface area contributed by atoms with Crippen molar-refractivity contribution in [2.24, 2.45) is 0 Å². The van der Waals surface area contributed by atoms with Crippen molar-refractivity contribution in [2.75, 3.05) is 0 Å². The number of aryl methyl sites for hydroxylation is 1. The average Bonchev–Trinajstić information content (AvgIpc) is 3.57. The SMILES string of the molecule is Cc1ncc(-c2ccc(S(=O)(=O)C(C)C)cc2)nc1-c1nnc(-c2ccc(CNC3CC3)cc2)o1. The Hall–Kier alpha value is -3.43. The molecule has 0 atom stereocenters. The van der Waals surface area contributed by atoms with Gasteiger partial charge in [0.2, 0.25) is 5.89 Å². The molecule has 8 nitrogen and oxygen atoms in total. The fraction of sp³-hybridized carbons (Fsp3) is 0.308. The van der Waals surface area contributed by atoms with E-state index in [0.717, 1.165) is 17.7 Å². The lowest BCUT2D eigenvalue weighted by Crippen LogP contribution is -2.14. The number of nitrogens with zero attached hydrogens (tertiary/aromatic N) is 4. The molecule has 2 heterocycles. The number of benzene rings is 2. The van der Waals surface area contributed by atoms with Crippen LogP contribution < -0.4 is 5.32 Å². The maximum Gasteiger partial charge on any atom is 0.268 e. The molecule has 180 valence electrons. The fourth-order valence-corrected chi connectivity index (χ4v) is 4.69. The quantitative estimate of drug-likeness (QED) is 0.382. The molecule has 4 aromatic rings. The van der Waals surface area contributed by atoms with E-state index in [1.807, 2.05) is 19.1 Å². The first kappa shape index (κ1) is 23.3. The van der Waals surface area contributed by atoms with Crippen LogP contribution >= 0.6 is 0 Å². The molecule has 2 aromatic carbocycles. The first-order valence-corrected chi connectivity index (χ1v) is 13.2. The van der Waals surface area contributed by atoms with Gasteiger partial charge in [-0.15, -0.1) is 10.2 Å². The van der Waals surface area contributed by atoms with Crippen molar-refractivity contribution in [2.45, 2.75) is 56.3 Å². The molecule has 2 aromatic heterocycles. The van der Waals surface area contributed by atoms with E-state index in [4.69, 9.17) is 9.40 Å². The van der Waals surface area contributed by atoms with Gasteiger partial charge in [-0.1, -0.05) is 24.3 Å². The number of hydrogen-bond donors (Lipinski definition) is 1. The Morgan fingerprint density at radius 1 is 0.971 bits per heavy atom. The molecular formula is C26H27N5O3S. The molecule has 1 fully saturated rings. The topological polar surface area (TPSA) is 111 Å². The molecule has 0 bridgehead atoms. The van der Waals surface area contributed by atoms with E-state index >= 15 is 0 Å². The van der Waals surface area contributed by atoms with Crippen LogP contribution in [-0.2, 0) is 16.4 Å². The van der Waals surface area contributed by atoms with Crippen LogP contribution in [-0.4, -0.2) is 39.9 Å². The highest BCUT2D eigenvalue weighted by Crippen LogP contribution is 2.28. The van der Waals surface area contributed by atoms with Gasteiger partial charge in [-0.05, 0) is 63.4 Å². The van der Waals surface area contributed by atoms with Crippen molar-refractivity contribution in [3.63, 3.8) is 0 Å². The Kier molecular flexibility index (Phi) is 6.21. The molecule has 0 radical (unpaired) electrons. The predicted molar refractivity (Wildman–Crippen MR) is 133 cm³/mol. The largest absolute Gasteiger partial charge is 0.415 e. The second kappa shape index (κ2) is 9.31. The first-order valence-electron chi connectivity index (χ1n) is 11.7. The molecule has 0 amide bonds. The van der Waals surface area contributed by atoms with Crippen molar-refractivity contribution in [3.8, 4) is 34.3 Å². The molecule has 35 heavy (non-hydrogen) atoms. The van der Waals surface area contributed by atoms with Crippen LogP contribution in [0.15, 0.2) is 64.0 Å². The van der Waals surface area contributed by atoms with Gasteiger partial charge in [-0.2, -0.15) is 0 Å². The van der Waals surface area contributed by atoms with E-state index in [2.05, 4.69) is 32.6 Å². The monoisotopic (exact) mass is 489 g/mol. The lowest BCUT2D eigenvalue weighted by atomic mass is 10.1. The molecule has 1 N–H and O–H groups in total. The van der Waals surface area contributed by atoms with Gasteiger partial charge in [-0.3, -0.25) is 4.98 Å². The summed E-state index contributed by atoms with van der Waals surface area (Å²) in [6, 6.07) is 15.4.